The fourth-order valence-electron chi connectivity index (χ4n) is 2.59. The summed E-state index contributed by atoms with van der Waals surface area (Å²) in [7, 11) is 0. The number of hydrogen-bond donors (Lipinski definition) is 2. The van der Waals surface area contributed by atoms with Gasteiger partial charge in [0, 0.05) is 16.7 Å². The van der Waals surface area contributed by atoms with Crippen molar-refractivity contribution >= 4 is 30.1 Å². The van der Waals surface area contributed by atoms with Crippen molar-refractivity contribution in [2.45, 2.75) is 49.1 Å². The molecule has 1 aromatic rings. The first-order valence-corrected chi connectivity index (χ1v) is 7.84. The van der Waals surface area contributed by atoms with Crippen LogP contribution >= 0.6 is 24.2 Å². The third-order valence-electron chi connectivity index (χ3n) is 3.84. The highest BCUT2D eigenvalue weighted by Crippen LogP contribution is 2.31. The quantitative estimate of drug-likeness (QED) is 0.788. The minimum Gasteiger partial charge on any atom is -0.480 e. The van der Waals surface area contributed by atoms with E-state index in [9.17, 15) is 9.90 Å². The minimum absolute atomic E-state index is 0. The predicted molar refractivity (Wildman–Crippen MR) is 85.8 cm³/mol. The average Bonchev–Trinajstić information content (AvgIpc) is 2.85. The summed E-state index contributed by atoms with van der Waals surface area (Å²) in [4.78, 5) is 12.8. The largest absolute Gasteiger partial charge is 0.480 e. The van der Waals surface area contributed by atoms with Crippen LogP contribution in [0.4, 0.5) is 0 Å². The van der Waals surface area contributed by atoms with Crippen LogP contribution in [0.5, 0.6) is 0 Å². The highest BCUT2D eigenvalue weighted by Gasteiger charge is 2.43. The Bertz CT molecular complexity index is 429. The molecule has 1 saturated heterocycles. The molecule has 1 fully saturated rings. The summed E-state index contributed by atoms with van der Waals surface area (Å²) in [6.07, 6.45) is 3.40. The van der Waals surface area contributed by atoms with E-state index in [4.69, 9.17) is 0 Å². The van der Waals surface area contributed by atoms with E-state index in [0.717, 1.165) is 25.0 Å². The fourth-order valence-corrected chi connectivity index (χ4v) is 3.63. The van der Waals surface area contributed by atoms with E-state index in [1.807, 2.05) is 18.2 Å². The maximum atomic E-state index is 11.6. The van der Waals surface area contributed by atoms with Crippen LogP contribution < -0.4 is 5.32 Å². The van der Waals surface area contributed by atoms with E-state index in [2.05, 4.69) is 24.4 Å². The third-order valence-corrected chi connectivity index (χ3v) is 4.86. The topological polar surface area (TPSA) is 49.3 Å². The molecule has 0 unspecified atom stereocenters. The second-order valence-electron chi connectivity index (χ2n) is 5.09. The first-order chi connectivity index (χ1) is 9.16. The summed E-state index contributed by atoms with van der Waals surface area (Å²) in [5, 5.41) is 12.8. The van der Waals surface area contributed by atoms with Gasteiger partial charge in [-0.2, -0.15) is 0 Å². The summed E-state index contributed by atoms with van der Waals surface area (Å²) in [5.74, 6) is 0.136. The SMILES string of the molecule is CC[C@H]1CC[C@](CCSc2ccccc2)(C(=O)O)N1.Cl. The highest BCUT2D eigenvalue weighted by atomic mass is 35.5. The number of hydrogen-bond acceptors (Lipinski definition) is 3. The molecule has 0 aliphatic carbocycles. The van der Waals surface area contributed by atoms with E-state index < -0.39 is 11.5 Å². The van der Waals surface area contributed by atoms with Crippen LogP contribution in [0.1, 0.15) is 32.6 Å². The molecule has 5 heteroatoms. The summed E-state index contributed by atoms with van der Waals surface area (Å²) in [6, 6.07) is 10.5. The molecule has 3 nitrogen and oxygen atoms in total. The van der Waals surface area contributed by atoms with Crippen molar-refractivity contribution in [1.82, 2.24) is 5.32 Å². The molecule has 1 aromatic carbocycles. The molecule has 2 rings (SSSR count). The Morgan fingerprint density at radius 2 is 2.15 bits per heavy atom. The molecule has 1 aliphatic rings. The van der Waals surface area contributed by atoms with Crippen LogP contribution in [0, 0.1) is 0 Å². The van der Waals surface area contributed by atoms with Crippen LogP contribution in [0.3, 0.4) is 0 Å². The van der Waals surface area contributed by atoms with Gasteiger partial charge in [-0.15, -0.1) is 24.2 Å². The molecule has 0 radical (unpaired) electrons. The Labute approximate surface area is 130 Å². The summed E-state index contributed by atoms with van der Waals surface area (Å²) in [6.45, 7) is 2.11. The maximum absolute atomic E-state index is 11.6. The number of benzene rings is 1. The predicted octanol–water partition coefficient (Wildman–Crippen LogP) is 3.58. The second-order valence-corrected chi connectivity index (χ2v) is 6.26. The Balaban J connectivity index is 0.00000200. The third kappa shape index (κ3) is 4.14. The van der Waals surface area contributed by atoms with Crippen LogP contribution in [0.15, 0.2) is 35.2 Å². The molecule has 0 aromatic heterocycles. The van der Waals surface area contributed by atoms with Crippen molar-refractivity contribution in [2.24, 2.45) is 0 Å². The smallest absolute Gasteiger partial charge is 0.323 e. The van der Waals surface area contributed by atoms with Crippen LogP contribution in [-0.2, 0) is 4.79 Å². The molecule has 20 heavy (non-hydrogen) atoms. The lowest BCUT2D eigenvalue weighted by Gasteiger charge is -2.25. The van der Waals surface area contributed by atoms with Gasteiger partial charge in [-0.3, -0.25) is 10.1 Å². The number of carboxylic acid groups (broad SMARTS) is 1. The van der Waals surface area contributed by atoms with Gasteiger partial charge in [-0.1, -0.05) is 25.1 Å². The van der Waals surface area contributed by atoms with Gasteiger partial charge in [0.25, 0.3) is 0 Å². The van der Waals surface area contributed by atoms with Gasteiger partial charge in [0.15, 0.2) is 0 Å². The molecule has 1 heterocycles. The molecule has 0 amide bonds. The van der Waals surface area contributed by atoms with Crippen molar-refractivity contribution < 1.29 is 9.90 Å². The van der Waals surface area contributed by atoms with Gasteiger partial charge in [-0.25, -0.2) is 0 Å². The number of thioether (sulfide) groups is 1. The molecule has 2 N–H and O–H groups in total. The molecule has 2 atom stereocenters. The number of aliphatic carboxylic acids is 1. The van der Waals surface area contributed by atoms with Crippen molar-refractivity contribution in [2.75, 3.05) is 5.75 Å². The molecule has 0 spiro atoms. The lowest BCUT2D eigenvalue weighted by molar-refractivity contribution is -0.144. The van der Waals surface area contributed by atoms with E-state index >= 15 is 0 Å². The van der Waals surface area contributed by atoms with Gasteiger partial charge >= 0.3 is 5.97 Å². The summed E-state index contributed by atoms with van der Waals surface area (Å²) in [5.41, 5.74) is -0.706. The van der Waals surface area contributed by atoms with Crippen LogP contribution in [-0.4, -0.2) is 28.4 Å². The van der Waals surface area contributed by atoms with Crippen molar-refractivity contribution in [3.8, 4) is 0 Å². The number of rotatable bonds is 6. The van der Waals surface area contributed by atoms with Crippen LogP contribution in [0.2, 0.25) is 0 Å². The monoisotopic (exact) mass is 315 g/mol. The van der Waals surface area contributed by atoms with Crippen molar-refractivity contribution in [1.29, 1.82) is 0 Å². The molecule has 0 saturated carbocycles. The second kappa shape index (κ2) is 7.91. The maximum Gasteiger partial charge on any atom is 0.323 e. The zero-order valence-corrected chi connectivity index (χ0v) is 13.3. The highest BCUT2D eigenvalue weighted by molar-refractivity contribution is 7.99. The van der Waals surface area contributed by atoms with Gasteiger partial charge in [0.05, 0.1) is 0 Å². The number of carbonyl (C=O) groups is 1. The molecular formula is C15H22ClNO2S. The van der Waals surface area contributed by atoms with Crippen molar-refractivity contribution in [3.05, 3.63) is 30.3 Å². The van der Waals surface area contributed by atoms with E-state index in [1.165, 1.54) is 4.90 Å². The molecule has 112 valence electrons. The van der Waals surface area contributed by atoms with E-state index in [-0.39, 0.29) is 12.4 Å². The standard InChI is InChI=1S/C15H21NO2S.ClH/c1-2-12-8-9-15(16-12,14(17)18)10-11-19-13-6-4-3-5-7-13;/h3-7,12,16H,2,8-11H2,1H3,(H,17,18);1H/t12-,15-;/m0./s1. The van der Waals surface area contributed by atoms with Gasteiger partial charge in [0.2, 0.25) is 0 Å². The Hall–Kier alpha value is -0.710. The number of carboxylic acids is 1. The molecular weight excluding hydrogens is 294 g/mol. The van der Waals surface area contributed by atoms with Gasteiger partial charge < -0.3 is 5.11 Å². The fraction of sp³-hybridized carbons (Fsp3) is 0.533. The van der Waals surface area contributed by atoms with Gasteiger partial charge in [0.1, 0.15) is 5.54 Å². The zero-order chi connectivity index (χ0) is 13.7. The van der Waals surface area contributed by atoms with Gasteiger partial charge in [-0.05, 0) is 37.8 Å². The lowest BCUT2D eigenvalue weighted by atomic mass is 9.94. The summed E-state index contributed by atoms with van der Waals surface area (Å²) >= 11 is 1.73. The number of nitrogens with one attached hydrogen (secondary N) is 1. The zero-order valence-electron chi connectivity index (χ0n) is 11.7. The number of halogens is 1. The normalized spacial score (nSPS) is 25.1. The van der Waals surface area contributed by atoms with Crippen LogP contribution in [0.25, 0.3) is 0 Å². The lowest BCUT2D eigenvalue weighted by Crippen LogP contribution is -2.50. The Morgan fingerprint density at radius 1 is 1.45 bits per heavy atom. The Morgan fingerprint density at radius 3 is 2.70 bits per heavy atom. The first-order valence-electron chi connectivity index (χ1n) is 6.85. The molecule has 0 bridgehead atoms. The van der Waals surface area contributed by atoms with E-state index in [0.29, 0.717) is 12.5 Å². The Kier molecular flexibility index (Phi) is 6.86. The first kappa shape index (κ1) is 17.3. The van der Waals surface area contributed by atoms with Crippen molar-refractivity contribution in [3.63, 3.8) is 0 Å². The minimum atomic E-state index is -0.706. The van der Waals surface area contributed by atoms with E-state index in [1.54, 1.807) is 11.8 Å². The molecule has 1 aliphatic heterocycles. The summed E-state index contributed by atoms with van der Waals surface area (Å²) < 4.78 is 0. The average molecular weight is 316 g/mol.